The maximum atomic E-state index is 12.0. The molecule has 0 spiro atoms. The summed E-state index contributed by atoms with van der Waals surface area (Å²) >= 11 is 3.42. The Labute approximate surface area is 133 Å². The zero-order valence-corrected chi connectivity index (χ0v) is 13.9. The van der Waals surface area contributed by atoms with Crippen LogP contribution >= 0.6 is 15.9 Å². The summed E-state index contributed by atoms with van der Waals surface area (Å²) < 4.78 is 0.911. The topological polar surface area (TPSA) is 41.5 Å². The summed E-state index contributed by atoms with van der Waals surface area (Å²) in [6.07, 6.45) is 1.66. The average molecular weight is 345 g/mol. The van der Waals surface area contributed by atoms with Gasteiger partial charge in [0.15, 0.2) is 0 Å². The lowest BCUT2D eigenvalue weighted by molar-refractivity contribution is 0.0955. The number of nitrogens with one attached hydrogen (secondary N) is 1. The summed E-state index contributed by atoms with van der Waals surface area (Å²) in [7, 11) is 0. The fourth-order valence-electron chi connectivity index (χ4n) is 1.93. The fourth-order valence-corrected chi connectivity index (χ4v) is 2.31. The van der Waals surface area contributed by atoms with Crippen molar-refractivity contribution in [3.8, 4) is 0 Å². The number of benzene rings is 2. The Bertz CT molecular complexity index is 708. The van der Waals surface area contributed by atoms with Crippen molar-refractivity contribution >= 4 is 28.1 Å². The zero-order valence-electron chi connectivity index (χ0n) is 12.3. The van der Waals surface area contributed by atoms with E-state index in [2.05, 4.69) is 32.5 Å². The van der Waals surface area contributed by atoms with Gasteiger partial charge in [-0.2, -0.15) is 5.10 Å². The standard InChI is InChI=1S/C17H17BrN2O/c1-11-4-6-15(13(3)8-11)10-19-20-17(21)14-7-5-12(2)16(18)9-14/h4-10H,1-3H3,(H,20,21). The number of hydrogen-bond acceptors (Lipinski definition) is 2. The number of carbonyl (C=O) groups is 1. The van der Waals surface area contributed by atoms with Gasteiger partial charge in [-0.3, -0.25) is 4.79 Å². The third-order valence-corrected chi connectivity index (χ3v) is 4.08. The molecule has 0 unspecified atom stereocenters. The average Bonchev–Trinajstić information content (AvgIpc) is 2.44. The van der Waals surface area contributed by atoms with Crippen molar-refractivity contribution in [2.75, 3.05) is 0 Å². The molecule has 0 aliphatic carbocycles. The third kappa shape index (κ3) is 4.02. The maximum absolute atomic E-state index is 12.0. The molecule has 0 fully saturated rings. The molecule has 0 radical (unpaired) electrons. The second kappa shape index (κ2) is 6.68. The SMILES string of the molecule is Cc1ccc(C=NNC(=O)c2ccc(C)c(Br)c2)c(C)c1. The molecule has 0 aliphatic rings. The Hall–Kier alpha value is -1.94. The Morgan fingerprint density at radius 3 is 2.52 bits per heavy atom. The van der Waals surface area contributed by atoms with E-state index in [1.165, 1.54) is 5.56 Å². The molecule has 1 amide bonds. The van der Waals surface area contributed by atoms with Gasteiger partial charge in [0.25, 0.3) is 5.91 Å². The summed E-state index contributed by atoms with van der Waals surface area (Å²) in [5.41, 5.74) is 7.54. The molecule has 4 heteroatoms. The molecule has 3 nitrogen and oxygen atoms in total. The van der Waals surface area contributed by atoms with Crippen molar-refractivity contribution < 1.29 is 4.79 Å². The number of aryl methyl sites for hydroxylation is 3. The minimum atomic E-state index is -0.225. The van der Waals surface area contributed by atoms with Crippen molar-refractivity contribution in [1.29, 1.82) is 0 Å². The first kappa shape index (κ1) is 15.4. The number of halogens is 1. The molecule has 2 aromatic carbocycles. The molecule has 2 aromatic rings. The second-order valence-corrected chi connectivity index (χ2v) is 5.88. The molecule has 0 saturated heterocycles. The van der Waals surface area contributed by atoms with Crippen molar-refractivity contribution in [2.24, 2.45) is 5.10 Å². The van der Waals surface area contributed by atoms with Crippen molar-refractivity contribution in [2.45, 2.75) is 20.8 Å². The fraction of sp³-hybridized carbons (Fsp3) is 0.176. The first-order valence-electron chi connectivity index (χ1n) is 6.64. The molecule has 1 N–H and O–H groups in total. The Kier molecular flexibility index (Phi) is 4.91. The van der Waals surface area contributed by atoms with E-state index in [4.69, 9.17) is 0 Å². The van der Waals surface area contributed by atoms with Gasteiger partial charge < -0.3 is 0 Å². The van der Waals surface area contributed by atoms with Crippen LogP contribution < -0.4 is 5.43 Å². The minimum Gasteiger partial charge on any atom is -0.267 e. The van der Waals surface area contributed by atoms with Crippen LogP contribution in [0.15, 0.2) is 46.0 Å². The van der Waals surface area contributed by atoms with E-state index in [9.17, 15) is 4.79 Å². The van der Waals surface area contributed by atoms with Crippen LogP contribution in [0, 0.1) is 20.8 Å². The van der Waals surface area contributed by atoms with E-state index in [0.717, 1.165) is 21.2 Å². The van der Waals surface area contributed by atoms with Crippen LogP contribution in [0.4, 0.5) is 0 Å². The highest BCUT2D eigenvalue weighted by Crippen LogP contribution is 2.17. The van der Waals surface area contributed by atoms with Crippen molar-refractivity contribution in [1.82, 2.24) is 5.43 Å². The van der Waals surface area contributed by atoms with Gasteiger partial charge >= 0.3 is 0 Å². The smallest absolute Gasteiger partial charge is 0.267 e. The number of nitrogens with zero attached hydrogens (tertiary/aromatic N) is 1. The Morgan fingerprint density at radius 1 is 1.10 bits per heavy atom. The van der Waals surface area contributed by atoms with Crippen LogP contribution in [-0.4, -0.2) is 12.1 Å². The molecule has 2 rings (SSSR count). The quantitative estimate of drug-likeness (QED) is 0.659. The van der Waals surface area contributed by atoms with Gasteiger partial charge in [0.1, 0.15) is 0 Å². The molecular formula is C17H17BrN2O. The molecule has 21 heavy (non-hydrogen) atoms. The van der Waals surface area contributed by atoms with Gasteiger partial charge in [0.2, 0.25) is 0 Å². The van der Waals surface area contributed by atoms with Crippen LogP contribution in [0.1, 0.15) is 32.6 Å². The number of amides is 1. The predicted octanol–water partition coefficient (Wildman–Crippen LogP) is 4.14. The summed E-state index contributed by atoms with van der Waals surface area (Å²) in [5, 5.41) is 4.02. The highest BCUT2D eigenvalue weighted by molar-refractivity contribution is 9.10. The monoisotopic (exact) mass is 344 g/mol. The van der Waals surface area contributed by atoms with Crippen molar-refractivity contribution in [3.05, 3.63) is 68.7 Å². The molecule has 108 valence electrons. The Morgan fingerprint density at radius 2 is 1.86 bits per heavy atom. The highest BCUT2D eigenvalue weighted by atomic mass is 79.9. The minimum absolute atomic E-state index is 0.225. The molecular weight excluding hydrogens is 328 g/mol. The van der Waals surface area contributed by atoms with Gasteiger partial charge in [-0.25, -0.2) is 5.43 Å². The lowest BCUT2D eigenvalue weighted by Gasteiger charge is -2.04. The third-order valence-electron chi connectivity index (χ3n) is 3.23. The van der Waals surface area contributed by atoms with Crippen LogP contribution in [-0.2, 0) is 0 Å². The van der Waals surface area contributed by atoms with Crippen LogP contribution in [0.25, 0.3) is 0 Å². The number of hydrogen-bond donors (Lipinski definition) is 1. The second-order valence-electron chi connectivity index (χ2n) is 5.02. The van der Waals surface area contributed by atoms with Gasteiger partial charge in [-0.05, 0) is 49.6 Å². The van der Waals surface area contributed by atoms with Crippen LogP contribution in [0.2, 0.25) is 0 Å². The number of hydrazone groups is 1. The summed E-state index contributed by atoms with van der Waals surface area (Å²) in [6, 6.07) is 11.6. The van der Waals surface area contributed by atoms with E-state index in [1.807, 2.05) is 39.0 Å². The summed E-state index contributed by atoms with van der Waals surface area (Å²) in [5.74, 6) is -0.225. The molecule has 0 bridgehead atoms. The van der Waals surface area contributed by atoms with Crippen LogP contribution in [0.3, 0.4) is 0 Å². The Balaban J connectivity index is 2.06. The van der Waals surface area contributed by atoms with Gasteiger partial charge in [-0.1, -0.05) is 45.8 Å². The van der Waals surface area contributed by atoms with E-state index >= 15 is 0 Å². The number of carbonyl (C=O) groups excluding carboxylic acids is 1. The van der Waals surface area contributed by atoms with E-state index in [-0.39, 0.29) is 5.91 Å². The summed E-state index contributed by atoms with van der Waals surface area (Å²) in [6.45, 7) is 6.04. The van der Waals surface area contributed by atoms with Crippen molar-refractivity contribution in [3.63, 3.8) is 0 Å². The number of rotatable bonds is 3. The molecule has 0 heterocycles. The first-order valence-corrected chi connectivity index (χ1v) is 7.43. The van der Waals surface area contributed by atoms with E-state index in [1.54, 1.807) is 18.3 Å². The van der Waals surface area contributed by atoms with E-state index < -0.39 is 0 Å². The zero-order chi connectivity index (χ0) is 15.4. The van der Waals surface area contributed by atoms with E-state index in [0.29, 0.717) is 5.56 Å². The normalized spacial score (nSPS) is 10.9. The molecule has 0 aromatic heterocycles. The largest absolute Gasteiger partial charge is 0.271 e. The molecule has 0 aliphatic heterocycles. The highest BCUT2D eigenvalue weighted by Gasteiger charge is 2.05. The predicted molar refractivity (Wildman–Crippen MR) is 89.9 cm³/mol. The molecule has 0 saturated carbocycles. The van der Waals surface area contributed by atoms with Gasteiger partial charge in [0.05, 0.1) is 6.21 Å². The van der Waals surface area contributed by atoms with Gasteiger partial charge in [0, 0.05) is 10.0 Å². The van der Waals surface area contributed by atoms with Crippen LogP contribution in [0.5, 0.6) is 0 Å². The maximum Gasteiger partial charge on any atom is 0.271 e. The summed E-state index contributed by atoms with van der Waals surface area (Å²) in [4.78, 5) is 12.0. The van der Waals surface area contributed by atoms with Gasteiger partial charge in [-0.15, -0.1) is 0 Å². The lowest BCUT2D eigenvalue weighted by atomic mass is 10.1. The first-order chi connectivity index (χ1) is 9.97. The lowest BCUT2D eigenvalue weighted by Crippen LogP contribution is -2.17. The molecule has 0 atom stereocenters.